The normalized spacial score (nSPS) is 13.5. The van der Waals surface area contributed by atoms with Crippen LogP contribution in [0.2, 0.25) is 0 Å². The molecule has 1 atom stereocenters. The minimum Gasteiger partial charge on any atom is -0.508 e. The van der Waals surface area contributed by atoms with Gasteiger partial charge in [-0.1, -0.05) is 61.5 Å². The average molecular weight is 610 g/mol. The lowest BCUT2D eigenvalue weighted by molar-refractivity contribution is -0.284. The first-order chi connectivity index (χ1) is 20.0. The molecule has 0 radical (unpaired) electrons. The Morgan fingerprint density at radius 2 is 1.40 bits per heavy atom. The van der Waals surface area contributed by atoms with Crippen molar-refractivity contribution in [2.75, 3.05) is 31.2 Å². The predicted molar refractivity (Wildman–Crippen MR) is 158 cm³/mol. The summed E-state index contributed by atoms with van der Waals surface area (Å²) in [5.74, 6) is -3.80. The lowest BCUT2D eigenvalue weighted by atomic mass is 9.88. The highest BCUT2D eigenvalue weighted by atomic mass is 32.2. The number of benzene rings is 3. The molecule has 0 fully saturated rings. The monoisotopic (exact) mass is 609 g/mol. The molecule has 10 heteroatoms. The zero-order valence-electron chi connectivity index (χ0n) is 23.4. The lowest BCUT2D eigenvalue weighted by Crippen LogP contribution is -2.36. The number of alkyl halides is 5. The molecule has 3 rings (SSSR count). The van der Waals surface area contributed by atoms with E-state index in [9.17, 15) is 31.3 Å². The molecule has 3 aromatic rings. The Balaban J connectivity index is 1.47. The van der Waals surface area contributed by atoms with Gasteiger partial charge in [0, 0.05) is 35.3 Å². The van der Waals surface area contributed by atoms with Crippen molar-refractivity contribution in [3.8, 4) is 11.5 Å². The van der Waals surface area contributed by atoms with Crippen LogP contribution in [0.3, 0.4) is 0 Å². The van der Waals surface area contributed by atoms with Crippen molar-refractivity contribution < 1.29 is 36.0 Å². The van der Waals surface area contributed by atoms with E-state index in [1.54, 1.807) is 12.1 Å². The van der Waals surface area contributed by atoms with Crippen molar-refractivity contribution in [3.05, 3.63) is 95.6 Å². The van der Waals surface area contributed by atoms with Crippen LogP contribution in [0, 0.1) is 0 Å². The zero-order chi connectivity index (χ0) is 30.6. The Hall–Kier alpha value is -3.24. The van der Waals surface area contributed by atoms with Crippen molar-refractivity contribution in [2.24, 2.45) is 0 Å². The number of rotatable bonds is 16. The summed E-state index contributed by atoms with van der Waals surface area (Å²) >= 11 is 0. The van der Waals surface area contributed by atoms with Crippen molar-refractivity contribution in [3.63, 3.8) is 0 Å². The first kappa shape index (κ1) is 33.3. The second-order valence-electron chi connectivity index (χ2n) is 9.75. The first-order valence-corrected chi connectivity index (χ1v) is 15.3. The standard InChI is InChI=1S/C32H36F5NO3S/c1-2-29(24-8-4-3-5-9-24)30(25-10-14-27(39)15-11-25)26-12-16-28(17-13-26)41-21-20-38-19-7-23-42(40)22-6-18-31(33,34)32(35,36)37/h3-5,8-17,38-39H,2,6-7,18-23H2,1H3/b30-29-. The van der Waals surface area contributed by atoms with Crippen LogP contribution >= 0.6 is 0 Å². The molecular weight excluding hydrogens is 573 g/mol. The van der Waals surface area contributed by atoms with Crippen molar-refractivity contribution in [2.45, 2.75) is 44.7 Å². The maximum atomic E-state index is 12.9. The number of allylic oxidation sites excluding steroid dienone is 1. The molecular formula is C32H36F5NO3S. The third-order valence-electron chi connectivity index (χ3n) is 6.63. The minimum atomic E-state index is -5.57. The summed E-state index contributed by atoms with van der Waals surface area (Å²) in [4.78, 5) is 0. The SMILES string of the molecule is CC/C(=C(\c1ccc(O)cc1)c1ccc(OCCNCCCS(=O)CCCC(F)(F)C(F)(F)F)cc1)c1ccccc1. The fourth-order valence-corrected chi connectivity index (χ4v) is 5.59. The van der Waals surface area contributed by atoms with Crippen LogP contribution in [0.4, 0.5) is 22.0 Å². The molecule has 4 nitrogen and oxygen atoms in total. The Labute approximate surface area is 246 Å². The number of aromatic hydroxyl groups is 1. The van der Waals surface area contributed by atoms with E-state index in [2.05, 4.69) is 24.4 Å². The molecule has 2 N–H and O–H groups in total. The second kappa shape index (κ2) is 15.8. The Kier molecular flexibility index (Phi) is 12.5. The summed E-state index contributed by atoms with van der Waals surface area (Å²) in [5.41, 5.74) is 5.39. The van der Waals surface area contributed by atoms with Crippen LogP contribution in [-0.4, -0.2) is 52.6 Å². The Bertz CT molecular complexity index is 1290. The van der Waals surface area contributed by atoms with E-state index in [0.29, 0.717) is 31.9 Å². The minimum absolute atomic E-state index is 0.181. The van der Waals surface area contributed by atoms with Crippen LogP contribution in [0.1, 0.15) is 49.3 Å². The van der Waals surface area contributed by atoms with Gasteiger partial charge in [-0.25, -0.2) is 0 Å². The Morgan fingerprint density at radius 3 is 2.00 bits per heavy atom. The molecule has 3 aromatic carbocycles. The zero-order valence-corrected chi connectivity index (χ0v) is 24.2. The van der Waals surface area contributed by atoms with E-state index in [1.807, 2.05) is 54.6 Å². The van der Waals surface area contributed by atoms with Crippen LogP contribution in [0.5, 0.6) is 11.5 Å². The molecule has 228 valence electrons. The third-order valence-corrected chi connectivity index (χ3v) is 8.12. The number of ether oxygens (including phenoxy) is 1. The largest absolute Gasteiger partial charge is 0.508 e. The highest BCUT2D eigenvalue weighted by Gasteiger charge is 2.56. The van der Waals surface area contributed by atoms with Crippen molar-refractivity contribution >= 4 is 21.9 Å². The molecule has 0 aliphatic carbocycles. The quantitative estimate of drug-likeness (QED) is 0.0987. The summed E-state index contributed by atoms with van der Waals surface area (Å²) in [6.45, 7) is 3.55. The number of halogens is 5. The lowest BCUT2D eigenvalue weighted by Gasteiger charge is -2.19. The smallest absolute Gasteiger partial charge is 0.453 e. The fraction of sp³-hybridized carbons (Fsp3) is 0.375. The maximum absolute atomic E-state index is 12.9. The van der Waals surface area contributed by atoms with Crippen LogP contribution in [-0.2, 0) is 10.8 Å². The van der Waals surface area contributed by atoms with Crippen molar-refractivity contribution in [1.29, 1.82) is 0 Å². The average Bonchev–Trinajstić information content (AvgIpc) is 2.96. The van der Waals surface area contributed by atoms with Gasteiger partial charge in [0.05, 0.1) is 0 Å². The van der Waals surface area contributed by atoms with Crippen LogP contribution < -0.4 is 10.1 Å². The number of phenols is 1. The topological polar surface area (TPSA) is 58.6 Å². The van der Waals surface area contributed by atoms with Gasteiger partial charge >= 0.3 is 12.1 Å². The summed E-state index contributed by atoms with van der Waals surface area (Å²) in [7, 11) is -1.44. The predicted octanol–water partition coefficient (Wildman–Crippen LogP) is 7.85. The van der Waals surface area contributed by atoms with Gasteiger partial charge in [0.25, 0.3) is 0 Å². The van der Waals surface area contributed by atoms with E-state index >= 15 is 0 Å². The van der Waals surface area contributed by atoms with Gasteiger partial charge in [-0.05, 0) is 77.9 Å². The fourth-order valence-electron chi connectivity index (χ4n) is 4.45. The Morgan fingerprint density at radius 1 is 0.810 bits per heavy atom. The number of hydrogen-bond donors (Lipinski definition) is 2. The summed E-state index contributed by atoms with van der Waals surface area (Å²) in [6, 6.07) is 25.1. The molecule has 0 aromatic heterocycles. The summed E-state index contributed by atoms with van der Waals surface area (Å²) < 4.78 is 80.1. The molecule has 0 bridgehead atoms. The maximum Gasteiger partial charge on any atom is 0.453 e. The van der Waals surface area contributed by atoms with E-state index < -0.39 is 35.7 Å². The van der Waals surface area contributed by atoms with Crippen LogP contribution in [0.15, 0.2) is 78.9 Å². The molecule has 0 aliphatic rings. The molecule has 0 spiro atoms. The summed E-state index contributed by atoms with van der Waals surface area (Å²) in [5, 5.41) is 13.0. The third kappa shape index (κ3) is 9.94. The molecule has 1 unspecified atom stereocenters. The molecule has 0 saturated carbocycles. The number of phenolic OH excluding ortho intramolecular Hbond substituents is 1. The molecule has 42 heavy (non-hydrogen) atoms. The van der Waals surface area contributed by atoms with Gasteiger partial charge < -0.3 is 15.2 Å². The molecule has 0 amide bonds. The van der Waals surface area contributed by atoms with Gasteiger partial charge in [0.15, 0.2) is 0 Å². The molecule has 0 saturated heterocycles. The molecule has 0 aliphatic heterocycles. The van der Waals surface area contributed by atoms with E-state index in [0.717, 1.165) is 28.7 Å². The van der Waals surface area contributed by atoms with Gasteiger partial charge in [0.2, 0.25) is 0 Å². The number of nitrogens with one attached hydrogen (secondary N) is 1. The highest BCUT2D eigenvalue weighted by molar-refractivity contribution is 7.84. The van der Waals surface area contributed by atoms with E-state index in [1.165, 1.54) is 5.57 Å². The van der Waals surface area contributed by atoms with Gasteiger partial charge in [0.1, 0.15) is 18.1 Å². The van der Waals surface area contributed by atoms with E-state index in [4.69, 9.17) is 4.74 Å². The molecule has 0 heterocycles. The summed E-state index contributed by atoms with van der Waals surface area (Å²) in [6.07, 6.45) is -6.05. The van der Waals surface area contributed by atoms with Crippen LogP contribution in [0.25, 0.3) is 11.1 Å². The van der Waals surface area contributed by atoms with Crippen molar-refractivity contribution in [1.82, 2.24) is 5.32 Å². The highest BCUT2D eigenvalue weighted by Crippen LogP contribution is 2.39. The number of hydrogen-bond acceptors (Lipinski definition) is 4. The van der Waals surface area contributed by atoms with Gasteiger partial charge in [-0.2, -0.15) is 22.0 Å². The van der Waals surface area contributed by atoms with Gasteiger partial charge in [-0.3, -0.25) is 4.21 Å². The van der Waals surface area contributed by atoms with E-state index in [-0.39, 0.29) is 17.3 Å². The second-order valence-corrected chi connectivity index (χ2v) is 11.4. The first-order valence-electron chi connectivity index (χ1n) is 13.8. The van der Waals surface area contributed by atoms with Gasteiger partial charge in [-0.15, -0.1) is 0 Å².